The lowest BCUT2D eigenvalue weighted by molar-refractivity contribution is -0.143. The molecule has 1 nitrogen and oxygen atoms in total. The molecule has 4 saturated carbocycles. The van der Waals surface area contributed by atoms with Crippen LogP contribution in [0.1, 0.15) is 119 Å². The minimum absolute atomic E-state index is 0.239. The van der Waals surface area contributed by atoms with Crippen LogP contribution in [0.15, 0.2) is 0 Å². The maximum atomic E-state index is 6.01. The molecule has 1 aliphatic heterocycles. The topological polar surface area (TPSA) is 12.5 Å². The maximum Gasteiger partial charge on any atom is 0.0921 e. The van der Waals surface area contributed by atoms with Crippen molar-refractivity contribution in [2.24, 2.45) is 46.3 Å². The number of fused-ring (bicyclic) bond motifs is 5. The summed E-state index contributed by atoms with van der Waals surface area (Å²) < 4.78 is 6.01. The van der Waals surface area contributed by atoms with Crippen molar-refractivity contribution in [1.29, 1.82) is 0 Å². The van der Waals surface area contributed by atoms with Gasteiger partial charge in [-0.05, 0) is 105 Å². The minimum Gasteiger partial charge on any atom is -0.370 e. The van der Waals surface area contributed by atoms with Crippen molar-refractivity contribution in [2.45, 2.75) is 124 Å². The molecule has 0 radical (unpaired) electrons. The van der Waals surface area contributed by atoms with E-state index in [1.807, 2.05) is 0 Å². The van der Waals surface area contributed by atoms with Gasteiger partial charge in [0.05, 0.1) is 12.2 Å². The molecule has 0 N–H and O–H groups in total. The van der Waals surface area contributed by atoms with Gasteiger partial charge in [-0.1, -0.05) is 60.3 Å². The molecule has 5 aliphatic rings. The van der Waals surface area contributed by atoms with Gasteiger partial charge in [-0.25, -0.2) is 0 Å². The highest BCUT2D eigenvalue weighted by Gasteiger charge is 2.62. The van der Waals surface area contributed by atoms with E-state index >= 15 is 0 Å². The van der Waals surface area contributed by atoms with E-state index < -0.39 is 0 Å². The Morgan fingerprint density at radius 3 is 2.10 bits per heavy atom. The zero-order chi connectivity index (χ0) is 20.9. The summed E-state index contributed by atoms with van der Waals surface area (Å²) in [7, 11) is 0. The second-order valence-corrected chi connectivity index (χ2v) is 12.6. The molecular formula is C28H50O. The van der Waals surface area contributed by atoms with Gasteiger partial charge in [0.2, 0.25) is 0 Å². The Bertz CT molecular complexity index is 565. The van der Waals surface area contributed by atoms with Crippen molar-refractivity contribution >= 4 is 0 Å². The SMILES string of the molecule is CCC.CCC1CCC2C3CCC4(C)C(CCC[C@@H]4C4(C)CO4)C3CCC2(C)C1. The average Bonchev–Trinajstić information content (AvgIpc) is 3.44. The first-order valence-electron chi connectivity index (χ1n) is 13.4. The molecule has 1 heterocycles. The van der Waals surface area contributed by atoms with Crippen LogP contribution in [0.25, 0.3) is 0 Å². The quantitative estimate of drug-likeness (QED) is 0.423. The third kappa shape index (κ3) is 3.74. The molecule has 0 bridgehead atoms. The van der Waals surface area contributed by atoms with Crippen LogP contribution in [-0.4, -0.2) is 12.2 Å². The van der Waals surface area contributed by atoms with Gasteiger partial charge < -0.3 is 4.74 Å². The zero-order valence-electron chi connectivity index (χ0n) is 20.6. The zero-order valence-corrected chi connectivity index (χ0v) is 20.6. The van der Waals surface area contributed by atoms with Crippen LogP contribution in [0.5, 0.6) is 0 Å². The van der Waals surface area contributed by atoms with E-state index in [4.69, 9.17) is 4.74 Å². The molecule has 1 heteroatoms. The van der Waals surface area contributed by atoms with E-state index in [0.717, 1.165) is 42.1 Å². The first kappa shape index (κ1) is 22.2. The fourth-order valence-corrected chi connectivity index (χ4v) is 9.29. The highest BCUT2D eigenvalue weighted by atomic mass is 16.6. The second kappa shape index (κ2) is 8.14. The Morgan fingerprint density at radius 2 is 1.45 bits per heavy atom. The summed E-state index contributed by atoms with van der Waals surface area (Å²) >= 11 is 0. The summed E-state index contributed by atoms with van der Waals surface area (Å²) in [6.45, 7) is 15.5. The molecule has 0 aromatic heterocycles. The summed E-state index contributed by atoms with van der Waals surface area (Å²) in [6.07, 6.45) is 17.8. The lowest BCUT2D eigenvalue weighted by atomic mass is 9.42. The van der Waals surface area contributed by atoms with E-state index in [2.05, 4.69) is 41.5 Å². The molecule has 0 amide bonds. The van der Waals surface area contributed by atoms with Crippen molar-refractivity contribution in [1.82, 2.24) is 0 Å². The monoisotopic (exact) mass is 402 g/mol. The number of hydrogen-bond donors (Lipinski definition) is 0. The largest absolute Gasteiger partial charge is 0.370 e. The molecule has 5 rings (SSSR count). The Balaban J connectivity index is 0.000000645. The third-order valence-corrected chi connectivity index (χ3v) is 10.7. The molecule has 29 heavy (non-hydrogen) atoms. The van der Waals surface area contributed by atoms with Gasteiger partial charge in [0.25, 0.3) is 0 Å². The molecule has 4 aliphatic carbocycles. The first-order valence-corrected chi connectivity index (χ1v) is 13.4. The number of hydrogen-bond acceptors (Lipinski definition) is 1. The van der Waals surface area contributed by atoms with Gasteiger partial charge in [-0.15, -0.1) is 0 Å². The summed E-state index contributed by atoms with van der Waals surface area (Å²) in [5.41, 5.74) is 1.48. The molecule has 0 spiro atoms. The van der Waals surface area contributed by atoms with E-state index in [1.165, 1.54) is 64.2 Å². The van der Waals surface area contributed by atoms with E-state index in [0.29, 0.717) is 10.8 Å². The molecule has 8 unspecified atom stereocenters. The third-order valence-electron chi connectivity index (χ3n) is 10.7. The predicted molar refractivity (Wildman–Crippen MR) is 124 cm³/mol. The van der Waals surface area contributed by atoms with Crippen LogP contribution < -0.4 is 0 Å². The van der Waals surface area contributed by atoms with Crippen LogP contribution in [-0.2, 0) is 4.74 Å². The van der Waals surface area contributed by atoms with Gasteiger partial charge in [0.1, 0.15) is 0 Å². The van der Waals surface area contributed by atoms with Gasteiger partial charge in [0, 0.05) is 0 Å². The van der Waals surface area contributed by atoms with Crippen molar-refractivity contribution in [3.8, 4) is 0 Å². The van der Waals surface area contributed by atoms with Crippen LogP contribution >= 0.6 is 0 Å². The van der Waals surface area contributed by atoms with Crippen molar-refractivity contribution in [3.63, 3.8) is 0 Å². The van der Waals surface area contributed by atoms with Gasteiger partial charge in [-0.2, -0.15) is 0 Å². The average molecular weight is 403 g/mol. The lowest BCUT2D eigenvalue weighted by Crippen LogP contribution is -2.56. The molecular weight excluding hydrogens is 352 g/mol. The first-order chi connectivity index (χ1) is 13.8. The van der Waals surface area contributed by atoms with E-state index in [-0.39, 0.29) is 5.60 Å². The summed E-state index contributed by atoms with van der Waals surface area (Å²) in [5.74, 6) is 5.98. The summed E-state index contributed by atoms with van der Waals surface area (Å²) in [6, 6.07) is 0. The van der Waals surface area contributed by atoms with Crippen LogP contribution in [0.4, 0.5) is 0 Å². The van der Waals surface area contributed by atoms with Crippen LogP contribution in [0.3, 0.4) is 0 Å². The van der Waals surface area contributed by atoms with Crippen LogP contribution in [0, 0.1) is 46.3 Å². The van der Waals surface area contributed by atoms with Crippen LogP contribution in [0.2, 0.25) is 0 Å². The molecule has 0 aromatic carbocycles. The highest BCUT2D eigenvalue weighted by molar-refractivity contribution is 5.11. The minimum atomic E-state index is 0.239. The Kier molecular flexibility index (Phi) is 6.22. The summed E-state index contributed by atoms with van der Waals surface area (Å²) in [4.78, 5) is 0. The van der Waals surface area contributed by atoms with Crippen molar-refractivity contribution in [3.05, 3.63) is 0 Å². The lowest BCUT2D eigenvalue weighted by Gasteiger charge is -2.63. The molecule has 9 atom stereocenters. The number of epoxide rings is 1. The van der Waals surface area contributed by atoms with Gasteiger partial charge in [-0.3, -0.25) is 0 Å². The Morgan fingerprint density at radius 1 is 0.793 bits per heavy atom. The van der Waals surface area contributed by atoms with Gasteiger partial charge in [0.15, 0.2) is 0 Å². The normalized spacial score (nSPS) is 53.6. The van der Waals surface area contributed by atoms with E-state index in [1.54, 1.807) is 12.8 Å². The Hall–Kier alpha value is -0.0400. The highest BCUT2D eigenvalue weighted by Crippen LogP contribution is 2.68. The maximum absolute atomic E-state index is 6.01. The predicted octanol–water partition coefficient (Wildman–Crippen LogP) is 8.27. The molecule has 5 fully saturated rings. The fourth-order valence-electron chi connectivity index (χ4n) is 9.29. The standard InChI is InChI=1S/C25H42O.C3H8/c1-5-17-9-10-20-18-12-14-24(3)21(19(18)11-13-23(20,2)15-17)7-6-8-22(24)25(4)16-26-25;1-3-2/h17-22H,5-16H2,1-4H3;3H2,1-2H3/t17?,18?,19?,20?,21?,22-,23?,24?,25?;/m0./s1. The second-order valence-electron chi connectivity index (χ2n) is 12.6. The van der Waals surface area contributed by atoms with Gasteiger partial charge >= 0.3 is 0 Å². The van der Waals surface area contributed by atoms with E-state index in [9.17, 15) is 0 Å². The number of ether oxygens (including phenoxy) is 1. The molecule has 168 valence electrons. The van der Waals surface area contributed by atoms with Crippen molar-refractivity contribution in [2.75, 3.05) is 6.61 Å². The van der Waals surface area contributed by atoms with Crippen molar-refractivity contribution < 1.29 is 4.74 Å². The fraction of sp³-hybridized carbons (Fsp3) is 1.00. The molecule has 1 saturated heterocycles. The molecule has 0 aromatic rings. The Labute approximate surface area is 182 Å². The number of rotatable bonds is 2. The smallest absolute Gasteiger partial charge is 0.0921 e. The summed E-state index contributed by atoms with van der Waals surface area (Å²) in [5, 5.41) is 0.